The van der Waals surface area contributed by atoms with Crippen LogP contribution in [0, 0.1) is 5.92 Å². The first-order chi connectivity index (χ1) is 10.3. The fourth-order valence-electron chi connectivity index (χ4n) is 2.76. The Kier molecular flexibility index (Phi) is 5.98. The summed E-state index contributed by atoms with van der Waals surface area (Å²) in [5.74, 6) is 2.60. The average molecular weight is 294 g/mol. The molecule has 1 N–H and O–H groups in total. The van der Waals surface area contributed by atoms with Crippen LogP contribution in [-0.2, 0) is 17.7 Å². The van der Waals surface area contributed by atoms with E-state index in [0.717, 1.165) is 51.0 Å². The normalized spacial score (nSPS) is 19.3. The van der Waals surface area contributed by atoms with E-state index in [1.807, 2.05) is 7.05 Å². The Morgan fingerprint density at radius 2 is 2.43 bits per heavy atom. The first kappa shape index (κ1) is 15.8. The molecule has 0 spiro atoms. The lowest BCUT2D eigenvalue weighted by Gasteiger charge is -2.21. The van der Waals surface area contributed by atoms with Crippen molar-refractivity contribution in [2.24, 2.45) is 10.9 Å². The third kappa shape index (κ3) is 4.17. The van der Waals surface area contributed by atoms with Gasteiger partial charge in [-0.3, -0.25) is 4.99 Å². The van der Waals surface area contributed by atoms with Crippen LogP contribution in [0.2, 0.25) is 0 Å². The lowest BCUT2D eigenvalue weighted by atomic mass is 10.1. The Morgan fingerprint density at radius 3 is 3.14 bits per heavy atom. The Labute approximate surface area is 126 Å². The van der Waals surface area contributed by atoms with Gasteiger partial charge >= 0.3 is 0 Å². The zero-order chi connectivity index (χ0) is 15.1. The minimum absolute atomic E-state index is 0.609. The van der Waals surface area contributed by atoms with Crippen LogP contribution in [0.1, 0.15) is 19.2 Å². The highest BCUT2D eigenvalue weighted by molar-refractivity contribution is 5.80. The van der Waals surface area contributed by atoms with Gasteiger partial charge in [0.1, 0.15) is 12.2 Å². The standard InChI is InChI=1S/C14H26N6O/c1-4-13-18-17-11-20(13)8-6-16-14(15-2)19-7-5-12(9-19)10-21-3/h11-12H,4-10H2,1-3H3,(H,15,16). The minimum Gasteiger partial charge on any atom is -0.384 e. The number of ether oxygens (including phenoxy) is 1. The Bertz CT molecular complexity index is 458. The number of guanidine groups is 1. The Hall–Kier alpha value is -1.63. The highest BCUT2D eigenvalue weighted by atomic mass is 16.5. The van der Waals surface area contributed by atoms with E-state index in [2.05, 4.69) is 36.9 Å². The number of aliphatic imine (C=N–C) groups is 1. The molecule has 0 bridgehead atoms. The van der Waals surface area contributed by atoms with Crippen LogP contribution in [0.3, 0.4) is 0 Å². The van der Waals surface area contributed by atoms with Crippen LogP contribution < -0.4 is 5.32 Å². The van der Waals surface area contributed by atoms with Gasteiger partial charge in [0.2, 0.25) is 0 Å². The van der Waals surface area contributed by atoms with Crippen LogP contribution in [0.25, 0.3) is 0 Å². The van der Waals surface area contributed by atoms with Crippen molar-refractivity contribution in [1.82, 2.24) is 25.0 Å². The highest BCUT2D eigenvalue weighted by Crippen LogP contribution is 2.16. The van der Waals surface area contributed by atoms with E-state index in [0.29, 0.717) is 5.92 Å². The molecule has 1 aromatic rings. The van der Waals surface area contributed by atoms with Crippen molar-refractivity contribution in [1.29, 1.82) is 0 Å². The van der Waals surface area contributed by atoms with Gasteiger partial charge in [-0.1, -0.05) is 6.92 Å². The summed E-state index contributed by atoms with van der Waals surface area (Å²) in [6.45, 7) is 6.65. The molecule has 0 saturated carbocycles. The first-order valence-electron chi connectivity index (χ1n) is 7.59. The lowest BCUT2D eigenvalue weighted by molar-refractivity contribution is 0.157. The zero-order valence-corrected chi connectivity index (χ0v) is 13.2. The maximum absolute atomic E-state index is 5.24. The van der Waals surface area contributed by atoms with Gasteiger partial charge < -0.3 is 19.5 Å². The number of aromatic nitrogens is 3. The van der Waals surface area contributed by atoms with E-state index in [9.17, 15) is 0 Å². The molecule has 0 radical (unpaired) electrons. The molecule has 0 aliphatic carbocycles. The number of nitrogens with one attached hydrogen (secondary N) is 1. The molecule has 0 aromatic carbocycles. The van der Waals surface area contributed by atoms with Gasteiger partial charge in [0.25, 0.3) is 0 Å². The molecule has 1 aromatic heterocycles. The van der Waals surface area contributed by atoms with E-state index in [1.165, 1.54) is 6.42 Å². The van der Waals surface area contributed by atoms with E-state index in [-0.39, 0.29) is 0 Å². The highest BCUT2D eigenvalue weighted by Gasteiger charge is 2.24. The van der Waals surface area contributed by atoms with Crippen LogP contribution in [0.4, 0.5) is 0 Å². The molecular weight excluding hydrogens is 268 g/mol. The first-order valence-corrected chi connectivity index (χ1v) is 7.59. The predicted octanol–water partition coefficient (Wildman–Crippen LogP) is 0.384. The third-order valence-corrected chi connectivity index (χ3v) is 3.85. The topological polar surface area (TPSA) is 67.6 Å². The molecule has 1 unspecified atom stereocenters. The van der Waals surface area contributed by atoms with E-state index in [4.69, 9.17) is 4.74 Å². The predicted molar refractivity (Wildman–Crippen MR) is 82.3 cm³/mol. The van der Waals surface area contributed by atoms with Gasteiger partial charge in [-0.25, -0.2) is 0 Å². The van der Waals surface area contributed by atoms with Crippen LogP contribution in [0.5, 0.6) is 0 Å². The van der Waals surface area contributed by atoms with Gasteiger partial charge in [-0.2, -0.15) is 0 Å². The molecule has 118 valence electrons. The smallest absolute Gasteiger partial charge is 0.193 e. The molecule has 1 atom stereocenters. The molecule has 1 aliphatic rings. The number of hydrogen-bond donors (Lipinski definition) is 1. The summed E-state index contributed by atoms with van der Waals surface area (Å²) in [5.41, 5.74) is 0. The summed E-state index contributed by atoms with van der Waals surface area (Å²) in [4.78, 5) is 6.68. The van der Waals surface area contributed by atoms with Crippen molar-refractivity contribution in [2.45, 2.75) is 26.3 Å². The lowest BCUT2D eigenvalue weighted by Crippen LogP contribution is -2.41. The summed E-state index contributed by atoms with van der Waals surface area (Å²) in [7, 11) is 3.60. The second-order valence-electron chi connectivity index (χ2n) is 5.32. The molecule has 1 aliphatic heterocycles. The van der Waals surface area contributed by atoms with Crippen molar-refractivity contribution in [2.75, 3.05) is 40.4 Å². The van der Waals surface area contributed by atoms with Gasteiger partial charge in [0, 0.05) is 52.7 Å². The molecule has 2 heterocycles. The number of likely N-dealkylation sites (tertiary alicyclic amines) is 1. The number of nitrogens with zero attached hydrogens (tertiary/aromatic N) is 5. The quantitative estimate of drug-likeness (QED) is 0.607. The summed E-state index contributed by atoms with van der Waals surface area (Å²) in [6.07, 6.45) is 3.85. The monoisotopic (exact) mass is 294 g/mol. The average Bonchev–Trinajstić information content (AvgIpc) is 3.13. The molecule has 2 rings (SSSR count). The van der Waals surface area contributed by atoms with Crippen molar-refractivity contribution in [3.63, 3.8) is 0 Å². The molecule has 21 heavy (non-hydrogen) atoms. The van der Waals surface area contributed by atoms with Crippen LogP contribution >= 0.6 is 0 Å². The van der Waals surface area contributed by atoms with Crippen LogP contribution in [0.15, 0.2) is 11.3 Å². The van der Waals surface area contributed by atoms with Gasteiger partial charge in [-0.15, -0.1) is 10.2 Å². The zero-order valence-electron chi connectivity index (χ0n) is 13.2. The molecule has 0 amide bonds. The number of rotatable bonds is 6. The van der Waals surface area contributed by atoms with Gasteiger partial charge in [-0.05, 0) is 6.42 Å². The Morgan fingerprint density at radius 1 is 1.57 bits per heavy atom. The number of aryl methyl sites for hydroxylation is 1. The maximum atomic E-state index is 5.24. The molecule has 7 nitrogen and oxygen atoms in total. The summed E-state index contributed by atoms with van der Waals surface area (Å²) < 4.78 is 7.32. The largest absolute Gasteiger partial charge is 0.384 e. The van der Waals surface area contributed by atoms with Gasteiger partial charge in [0.05, 0.1) is 6.61 Å². The molecule has 1 saturated heterocycles. The van der Waals surface area contributed by atoms with E-state index < -0.39 is 0 Å². The number of methoxy groups -OCH3 is 1. The molecule has 1 fully saturated rings. The minimum atomic E-state index is 0.609. The van der Waals surface area contributed by atoms with Gasteiger partial charge in [0.15, 0.2) is 5.96 Å². The van der Waals surface area contributed by atoms with Crippen molar-refractivity contribution >= 4 is 5.96 Å². The van der Waals surface area contributed by atoms with Crippen molar-refractivity contribution < 1.29 is 4.74 Å². The summed E-state index contributed by atoms with van der Waals surface area (Å²) in [6, 6.07) is 0. The molecular formula is C14H26N6O. The van der Waals surface area contributed by atoms with E-state index in [1.54, 1.807) is 13.4 Å². The second kappa shape index (κ2) is 7.97. The van der Waals surface area contributed by atoms with E-state index >= 15 is 0 Å². The maximum Gasteiger partial charge on any atom is 0.193 e. The SMILES string of the molecule is CCc1nncn1CCNC(=NC)N1CCC(COC)C1. The second-order valence-corrected chi connectivity index (χ2v) is 5.32. The Balaban J connectivity index is 1.78. The summed E-state index contributed by atoms with van der Waals surface area (Å²) in [5, 5.41) is 11.5. The fraction of sp³-hybridized carbons (Fsp3) is 0.786. The van der Waals surface area contributed by atoms with Crippen LogP contribution in [-0.4, -0.2) is 66.0 Å². The van der Waals surface area contributed by atoms with Crippen molar-refractivity contribution in [3.8, 4) is 0 Å². The number of hydrogen-bond acceptors (Lipinski definition) is 4. The fourth-order valence-corrected chi connectivity index (χ4v) is 2.76. The van der Waals surface area contributed by atoms with Crippen molar-refractivity contribution in [3.05, 3.63) is 12.2 Å². The summed E-state index contributed by atoms with van der Waals surface area (Å²) >= 11 is 0. The third-order valence-electron chi connectivity index (χ3n) is 3.85. The molecule has 7 heteroatoms.